The summed E-state index contributed by atoms with van der Waals surface area (Å²) in [7, 11) is 0. The molecule has 5 aromatic heterocycles. The first kappa shape index (κ1) is 43.2. The maximum Gasteiger partial charge on any atom is 0 e. The fourth-order valence-electron chi connectivity index (χ4n) is 9.72. The minimum absolute atomic E-state index is 0. The van der Waals surface area contributed by atoms with Crippen LogP contribution in [0.1, 0.15) is 79.2 Å². The molecule has 1 radical (unpaired) electrons. The van der Waals surface area contributed by atoms with Crippen LogP contribution in [0.4, 0.5) is 0 Å². The van der Waals surface area contributed by atoms with E-state index in [1.54, 1.807) is 16.2 Å². The summed E-state index contributed by atoms with van der Waals surface area (Å²) in [5, 5.41) is 4.28. The van der Waals surface area contributed by atoms with E-state index in [4.69, 9.17) is 19.4 Å². The average molecular weight is 1040 g/mol. The monoisotopic (exact) mass is 1040 g/mol. The van der Waals surface area contributed by atoms with E-state index in [1.807, 2.05) is 6.20 Å². The van der Waals surface area contributed by atoms with Crippen molar-refractivity contribution in [2.45, 2.75) is 102 Å². The standard InChI is InChI=1S/C30H28N3O.C24H28GeN.Ir/c1-18-7-6-8-19(2)28(18)26-12-11-24-25-15-23(17-32-29(25)34-30(24)33-26)27-13-20(3)22(16-31-27)14-21-9-4-5-10-21;1-25(2,3)23-17-26-24(16-22(23)14-18-8-4-5-9-18)21-13-12-19-10-6-7-11-20(19)15-21;/h6-8,11-13,16-17,21H,4-5,9-10,14H2,1-3H3;6-7,10-12,15-18H,4-5,8-9,14H2,1-3H3;/q2*-1;. The molecule has 0 unspecified atom stereocenters. The summed E-state index contributed by atoms with van der Waals surface area (Å²) in [5.74, 6) is 9.13. The third-order valence-corrected chi connectivity index (χ3v) is 17.4. The van der Waals surface area contributed by atoms with Crippen LogP contribution < -0.4 is 4.40 Å². The first-order valence-corrected chi connectivity index (χ1v) is 29.5. The van der Waals surface area contributed by atoms with E-state index in [-0.39, 0.29) is 20.1 Å². The number of hydrogen-bond acceptors (Lipinski definition) is 5. The molecule has 0 aliphatic heterocycles. The Kier molecular flexibility index (Phi) is 13.1. The van der Waals surface area contributed by atoms with Crippen molar-refractivity contribution in [3.8, 4) is 33.8 Å². The van der Waals surface area contributed by atoms with Gasteiger partial charge in [0.05, 0.1) is 5.69 Å². The van der Waals surface area contributed by atoms with Crippen molar-refractivity contribution in [2.24, 2.45) is 11.8 Å². The molecule has 0 spiro atoms. The molecule has 3 aromatic carbocycles. The minimum Gasteiger partial charge on any atom is 0 e. The number of pyridine rings is 4. The summed E-state index contributed by atoms with van der Waals surface area (Å²) in [4.78, 5) is 19.1. The van der Waals surface area contributed by atoms with Crippen molar-refractivity contribution >= 4 is 50.6 Å². The van der Waals surface area contributed by atoms with E-state index >= 15 is 0 Å². The molecule has 0 saturated heterocycles. The summed E-state index contributed by atoms with van der Waals surface area (Å²) >= 11 is -1.92. The number of rotatable bonds is 8. The first-order valence-electron chi connectivity index (χ1n) is 22.1. The van der Waals surface area contributed by atoms with Gasteiger partial charge in [-0.2, -0.15) is 0 Å². The van der Waals surface area contributed by atoms with Gasteiger partial charge in [-0.05, 0) is 72.8 Å². The van der Waals surface area contributed by atoms with Gasteiger partial charge in [-0.25, -0.2) is 4.98 Å². The zero-order valence-electron chi connectivity index (χ0n) is 36.5. The Hall–Kier alpha value is -4.49. The van der Waals surface area contributed by atoms with Crippen molar-refractivity contribution in [3.05, 3.63) is 137 Å². The summed E-state index contributed by atoms with van der Waals surface area (Å²) in [6.07, 6.45) is 19.5. The summed E-state index contributed by atoms with van der Waals surface area (Å²) in [5.41, 5.74) is 13.8. The van der Waals surface area contributed by atoms with E-state index in [0.717, 1.165) is 62.8 Å². The van der Waals surface area contributed by atoms with E-state index < -0.39 is 13.3 Å². The van der Waals surface area contributed by atoms with Gasteiger partial charge in [-0.15, -0.1) is 6.07 Å². The normalized spacial score (nSPS) is 14.7. The third kappa shape index (κ3) is 9.48. The van der Waals surface area contributed by atoms with Crippen molar-refractivity contribution in [3.63, 3.8) is 0 Å². The number of furan rings is 1. The Labute approximate surface area is 378 Å². The van der Waals surface area contributed by atoms with E-state index in [1.165, 1.54) is 90.8 Å². The van der Waals surface area contributed by atoms with Crippen molar-refractivity contribution < 1.29 is 24.5 Å². The second-order valence-electron chi connectivity index (χ2n) is 18.6. The minimum atomic E-state index is -1.92. The largest absolute Gasteiger partial charge is 0 e. The molecule has 2 aliphatic rings. The van der Waals surface area contributed by atoms with Gasteiger partial charge in [0.25, 0.3) is 0 Å². The molecule has 61 heavy (non-hydrogen) atoms. The summed E-state index contributed by atoms with van der Waals surface area (Å²) < 4.78 is 7.61. The van der Waals surface area contributed by atoms with Gasteiger partial charge >= 0.3 is 160 Å². The number of fused-ring (bicyclic) bond motifs is 4. The second kappa shape index (κ2) is 18.5. The number of hydrogen-bond donors (Lipinski definition) is 0. The Morgan fingerprint density at radius 1 is 0.623 bits per heavy atom. The molecule has 0 atom stereocenters. The van der Waals surface area contributed by atoms with E-state index in [9.17, 15) is 0 Å². The van der Waals surface area contributed by atoms with Gasteiger partial charge in [0.1, 0.15) is 0 Å². The van der Waals surface area contributed by atoms with Crippen LogP contribution in [-0.2, 0) is 32.9 Å². The SMILES string of the molecule is Cc1cc(-c2[c-]c3c(nc2)oc2nc(-c4c(C)cccc4C)ccc23)ncc1CC1CCCC1.[CH3][Ge]([CH3])([CH3])[c]1cnc(-c2[c-]cc3ccccc3c2)cc1CC1CCCC1.[Ir]. The van der Waals surface area contributed by atoms with E-state index in [2.05, 4.69) is 140 Å². The van der Waals surface area contributed by atoms with Crippen LogP contribution in [0.5, 0.6) is 0 Å². The molecule has 2 aliphatic carbocycles. The average Bonchev–Trinajstić information content (AvgIpc) is 4.03. The number of nitrogens with zero attached hydrogens (tertiary/aromatic N) is 4. The molecule has 0 N–H and O–H groups in total. The Morgan fingerprint density at radius 2 is 1.28 bits per heavy atom. The molecule has 10 rings (SSSR count). The van der Waals surface area contributed by atoms with Crippen LogP contribution >= 0.6 is 0 Å². The molecule has 2 fully saturated rings. The molecule has 5 heterocycles. The van der Waals surface area contributed by atoms with Gasteiger partial charge < -0.3 is 4.42 Å². The molecule has 5 nitrogen and oxygen atoms in total. The molecule has 2 saturated carbocycles. The van der Waals surface area contributed by atoms with Crippen molar-refractivity contribution in [1.29, 1.82) is 0 Å². The van der Waals surface area contributed by atoms with Crippen LogP contribution in [0.15, 0.2) is 102 Å². The second-order valence-corrected chi connectivity index (χ2v) is 29.1. The van der Waals surface area contributed by atoms with Crippen LogP contribution in [0, 0.1) is 44.7 Å². The first-order chi connectivity index (χ1) is 29.1. The fraction of sp³-hybridized carbons (Fsp3) is 0.333. The van der Waals surface area contributed by atoms with Gasteiger partial charge in [0.15, 0.2) is 11.4 Å². The number of aryl methyl sites for hydroxylation is 3. The summed E-state index contributed by atoms with van der Waals surface area (Å²) in [6.45, 7) is 6.42. The van der Waals surface area contributed by atoms with Crippen LogP contribution in [0.25, 0.3) is 66.7 Å². The van der Waals surface area contributed by atoms with Gasteiger partial charge in [0.2, 0.25) is 0 Å². The van der Waals surface area contributed by atoms with Crippen molar-refractivity contribution in [2.75, 3.05) is 0 Å². The molecule has 0 amide bonds. The van der Waals surface area contributed by atoms with Gasteiger partial charge in [-0.1, -0.05) is 67.1 Å². The molecule has 8 aromatic rings. The smallest absolute Gasteiger partial charge is 0 e. The van der Waals surface area contributed by atoms with Crippen LogP contribution in [0.2, 0.25) is 17.3 Å². The van der Waals surface area contributed by atoms with Crippen molar-refractivity contribution in [1.82, 2.24) is 19.9 Å². The third-order valence-electron chi connectivity index (χ3n) is 13.1. The van der Waals surface area contributed by atoms with Crippen LogP contribution in [0.3, 0.4) is 0 Å². The Balaban J connectivity index is 0.000000172. The molecule has 313 valence electrons. The molecular formula is C54H56GeIrN4O-2. The van der Waals surface area contributed by atoms with Crippen LogP contribution in [-0.4, -0.2) is 33.2 Å². The number of aromatic nitrogens is 4. The zero-order valence-corrected chi connectivity index (χ0v) is 41.0. The quantitative estimate of drug-likeness (QED) is 0.112. The maximum absolute atomic E-state index is 6.03. The van der Waals surface area contributed by atoms with Gasteiger partial charge in [-0.3, -0.25) is 9.97 Å². The van der Waals surface area contributed by atoms with Gasteiger partial charge in [0, 0.05) is 37.6 Å². The zero-order chi connectivity index (χ0) is 41.4. The molecule has 0 bridgehead atoms. The fourth-order valence-corrected chi connectivity index (χ4v) is 13.0. The predicted octanol–water partition coefficient (Wildman–Crippen LogP) is 13.5. The maximum atomic E-state index is 6.03. The topological polar surface area (TPSA) is 64.7 Å². The molecule has 7 heteroatoms. The molecular weight excluding hydrogens is 985 g/mol. The van der Waals surface area contributed by atoms with E-state index in [0.29, 0.717) is 11.4 Å². The predicted molar refractivity (Wildman–Crippen MR) is 251 cm³/mol. The Bertz CT molecular complexity index is 2810. The number of benzene rings is 3. The summed E-state index contributed by atoms with van der Waals surface area (Å²) in [6, 6.07) is 34.8. The Morgan fingerprint density at radius 3 is 1.97 bits per heavy atom.